The van der Waals surface area contributed by atoms with Crippen molar-refractivity contribution in [2.24, 2.45) is 0 Å². The lowest BCUT2D eigenvalue weighted by Gasteiger charge is -2.26. The third-order valence-corrected chi connectivity index (χ3v) is 4.23. The molecule has 108 valence electrons. The molecule has 1 aliphatic heterocycles. The molecule has 0 aliphatic carbocycles. The molecule has 2 aromatic rings. The van der Waals surface area contributed by atoms with Crippen molar-refractivity contribution in [2.45, 2.75) is 32.7 Å². The van der Waals surface area contributed by atoms with Crippen LogP contribution in [0.3, 0.4) is 0 Å². The minimum absolute atomic E-state index is 0.873. The van der Waals surface area contributed by atoms with Crippen molar-refractivity contribution in [3.63, 3.8) is 0 Å². The van der Waals surface area contributed by atoms with E-state index in [1.54, 1.807) is 7.11 Å². The topological polar surface area (TPSA) is 30.3 Å². The summed E-state index contributed by atoms with van der Waals surface area (Å²) in [4.78, 5) is 7.22. The Bertz CT molecular complexity index is 585. The van der Waals surface area contributed by atoms with Crippen LogP contribution in [0, 0.1) is 6.92 Å². The van der Waals surface area contributed by atoms with Crippen LogP contribution in [0.2, 0.25) is 0 Å². The van der Waals surface area contributed by atoms with E-state index in [2.05, 4.69) is 27.4 Å². The van der Waals surface area contributed by atoms with E-state index in [4.69, 9.17) is 4.74 Å². The van der Waals surface area contributed by atoms with E-state index in [-0.39, 0.29) is 0 Å². The lowest BCUT2D eigenvalue weighted by Crippen LogP contribution is -2.32. The Labute approximate surface area is 120 Å². The van der Waals surface area contributed by atoms with E-state index in [1.807, 2.05) is 12.1 Å². The van der Waals surface area contributed by atoms with Crippen LogP contribution in [-0.4, -0.2) is 41.2 Å². The van der Waals surface area contributed by atoms with E-state index in [1.165, 1.54) is 37.9 Å². The maximum absolute atomic E-state index is 5.27. The molecule has 1 fully saturated rings. The predicted octanol–water partition coefficient (Wildman–Crippen LogP) is 2.84. The Morgan fingerprint density at radius 3 is 2.70 bits per heavy atom. The number of ether oxygens (including phenoxy) is 1. The molecule has 0 saturated carbocycles. The summed E-state index contributed by atoms with van der Waals surface area (Å²) in [5.41, 5.74) is 2.24. The standard InChI is InChI=1S/C16H23N3O/c1-13-17-15-12-14(20-2)6-7-16(15)19(13)11-10-18-8-4-3-5-9-18/h6-7,12H,3-5,8-11H2,1-2H3. The molecule has 0 spiro atoms. The fourth-order valence-electron chi connectivity index (χ4n) is 3.06. The van der Waals surface area contributed by atoms with Crippen molar-refractivity contribution in [1.82, 2.24) is 14.5 Å². The van der Waals surface area contributed by atoms with Crippen LogP contribution in [0.15, 0.2) is 18.2 Å². The molecule has 3 rings (SSSR count). The van der Waals surface area contributed by atoms with Crippen molar-refractivity contribution in [3.05, 3.63) is 24.0 Å². The second-order valence-electron chi connectivity index (χ2n) is 5.57. The lowest BCUT2D eigenvalue weighted by molar-refractivity contribution is 0.221. The van der Waals surface area contributed by atoms with Crippen molar-refractivity contribution in [3.8, 4) is 5.75 Å². The number of nitrogens with zero attached hydrogens (tertiary/aromatic N) is 3. The van der Waals surface area contributed by atoms with E-state index < -0.39 is 0 Å². The highest BCUT2D eigenvalue weighted by atomic mass is 16.5. The number of likely N-dealkylation sites (tertiary alicyclic amines) is 1. The Balaban J connectivity index is 1.78. The predicted molar refractivity (Wildman–Crippen MR) is 81.3 cm³/mol. The largest absolute Gasteiger partial charge is 0.497 e. The van der Waals surface area contributed by atoms with E-state index in [0.717, 1.165) is 30.2 Å². The number of imidazole rings is 1. The maximum atomic E-state index is 5.27. The van der Waals surface area contributed by atoms with Gasteiger partial charge in [-0.05, 0) is 45.0 Å². The molecule has 0 bridgehead atoms. The van der Waals surface area contributed by atoms with Gasteiger partial charge in [0.15, 0.2) is 0 Å². The number of fused-ring (bicyclic) bond motifs is 1. The zero-order chi connectivity index (χ0) is 13.9. The molecule has 20 heavy (non-hydrogen) atoms. The number of rotatable bonds is 4. The number of aromatic nitrogens is 2. The van der Waals surface area contributed by atoms with Crippen molar-refractivity contribution < 1.29 is 4.74 Å². The van der Waals surface area contributed by atoms with Gasteiger partial charge in [-0.2, -0.15) is 0 Å². The SMILES string of the molecule is COc1ccc2c(c1)nc(C)n2CCN1CCCCC1. The zero-order valence-electron chi connectivity index (χ0n) is 12.4. The van der Waals surface area contributed by atoms with Crippen LogP contribution in [0.1, 0.15) is 25.1 Å². The van der Waals surface area contributed by atoms with Gasteiger partial charge < -0.3 is 14.2 Å². The number of piperidine rings is 1. The van der Waals surface area contributed by atoms with E-state index in [0.29, 0.717) is 0 Å². The summed E-state index contributed by atoms with van der Waals surface area (Å²) < 4.78 is 7.59. The van der Waals surface area contributed by atoms with Gasteiger partial charge in [0, 0.05) is 19.2 Å². The number of hydrogen-bond donors (Lipinski definition) is 0. The van der Waals surface area contributed by atoms with Crippen LogP contribution >= 0.6 is 0 Å². The van der Waals surface area contributed by atoms with Crippen LogP contribution in [-0.2, 0) is 6.54 Å². The van der Waals surface area contributed by atoms with Crippen molar-refractivity contribution in [1.29, 1.82) is 0 Å². The Kier molecular flexibility index (Phi) is 3.92. The normalized spacial score (nSPS) is 16.7. The Morgan fingerprint density at radius 2 is 1.95 bits per heavy atom. The minimum Gasteiger partial charge on any atom is -0.497 e. The van der Waals surface area contributed by atoms with Gasteiger partial charge in [0.05, 0.1) is 18.1 Å². The summed E-state index contributed by atoms with van der Waals surface area (Å²) in [5.74, 6) is 1.96. The van der Waals surface area contributed by atoms with Crippen LogP contribution in [0.5, 0.6) is 5.75 Å². The summed E-state index contributed by atoms with van der Waals surface area (Å²) in [6, 6.07) is 6.14. The molecule has 4 nitrogen and oxygen atoms in total. The molecule has 1 aromatic carbocycles. The first-order chi connectivity index (χ1) is 9.78. The summed E-state index contributed by atoms with van der Waals surface area (Å²) in [7, 11) is 1.70. The van der Waals surface area contributed by atoms with Crippen LogP contribution in [0.25, 0.3) is 11.0 Å². The third kappa shape index (κ3) is 2.66. The molecule has 0 atom stereocenters. The summed E-state index contributed by atoms with van der Waals surface area (Å²) in [5, 5.41) is 0. The average molecular weight is 273 g/mol. The fourth-order valence-corrected chi connectivity index (χ4v) is 3.06. The Morgan fingerprint density at radius 1 is 1.15 bits per heavy atom. The third-order valence-electron chi connectivity index (χ3n) is 4.23. The highest BCUT2D eigenvalue weighted by Crippen LogP contribution is 2.21. The first-order valence-electron chi connectivity index (χ1n) is 7.51. The van der Waals surface area contributed by atoms with Crippen molar-refractivity contribution >= 4 is 11.0 Å². The molecule has 0 amide bonds. The quantitative estimate of drug-likeness (QED) is 0.858. The molecular formula is C16H23N3O. The van der Waals surface area contributed by atoms with Gasteiger partial charge in [-0.3, -0.25) is 0 Å². The molecular weight excluding hydrogens is 250 g/mol. The second kappa shape index (κ2) is 5.83. The molecule has 1 aromatic heterocycles. The molecule has 1 saturated heterocycles. The lowest BCUT2D eigenvalue weighted by atomic mass is 10.1. The van der Waals surface area contributed by atoms with E-state index >= 15 is 0 Å². The molecule has 2 heterocycles. The first kappa shape index (κ1) is 13.4. The molecule has 0 radical (unpaired) electrons. The van der Waals surface area contributed by atoms with Gasteiger partial charge in [-0.15, -0.1) is 0 Å². The number of methoxy groups -OCH3 is 1. The molecule has 1 aliphatic rings. The van der Waals surface area contributed by atoms with Gasteiger partial charge in [-0.1, -0.05) is 6.42 Å². The van der Waals surface area contributed by atoms with Gasteiger partial charge >= 0.3 is 0 Å². The highest BCUT2D eigenvalue weighted by Gasteiger charge is 2.12. The number of hydrogen-bond acceptors (Lipinski definition) is 3. The number of aryl methyl sites for hydroxylation is 1. The summed E-state index contributed by atoms with van der Waals surface area (Å²) in [6.45, 7) is 6.73. The van der Waals surface area contributed by atoms with Gasteiger partial charge in [0.2, 0.25) is 0 Å². The Hall–Kier alpha value is -1.55. The first-order valence-corrected chi connectivity index (χ1v) is 7.51. The van der Waals surface area contributed by atoms with Crippen LogP contribution < -0.4 is 4.74 Å². The summed E-state index contributed by atoms with van der Waals surface area (Å²) >= 11 is 0. The monoisotopic (exact) mass is 273 g/mol. The van der Waals surface area contributed by atoms with Gasteiger partial charge in [0.1, 0.15) is 11.6 Å². The number of benzene rings is 1. The van der Waals surface area contributed by atoms with Crippen LogP contribution in [0.4, 0.5) is 0 Å². The van der Waals surface area contributed by atoms with Crippen molar-refractivity contribution in [2.75, 3.05) is 26.7 Å². The zero-order valence-corrected chi connectivity index (χ0v) is 12.4. The smallest absolute Gasteiger partial charge is 0.121 e. The van der Waals surface area contributed by atoms with E-state index in [9.17, 15) is 0 Å². The minimum atomic E-state index is 0.873. The fraction of sp³-hybridized carbons (Fsp3) is 0.562. The van der Waals surface area contributed by atoms with Gasteiger partial charge in [-0.25, -0.2) is 4.98 Å². The van der Waals surface area contributed by atoms with Gasteiger partial charge in [0.25, 0.3) is 0 Å². The molecule has 4 heteroatoms. The second-order valence-corrected chi connectivity index (χ2v) is 5.57. The maximum Gasteiger partial charge on any atom is 0.121 e. The molecule has 0 N–H and O–H groups in total. The molecule has 0 unspecified atom stereocenters. The summed E-state index contributed by atoms with van der Waals surface area (Å²) in [6.07, 6.45) is 4.09. The highest BCUT2D eigenvalue weighted by molar-refractivity contribution is 5.77. The average Bonchev–Trinajstić information content (AvgIpc) is 2.80.